The fourth-order valence-electron chi connectivity index (χ4n) is 2.68. The fraction of sp³-hybridized carbons (Fsp3) is 1.00. The first kappa shape index (κ1) is 12.2. The summed E-state index contributed by atoms with van der Waals surface area (Å²) < 4.78 is 38.3. The van der Waals surface area contributed by atoms with Crippen LogP contribution in [0, 0.1) is 17.8 Å². The molecule has 2 rings (SSSR count). The van der Waals surface area contributed by atoms with Gasteiger partial charge in [-0.1, -0.05) is 12.8 Å². The Hall–Kier alpha value is -0.250. The first-order valence-corrected chi connectivity index (χ1v) is 6.35. The molecule has 0 aromatic rings. The number of hydrogen-bond acceptors (Lipinski definition) is 1. The van der Waals surface area contributed by atoms with Crippen molar-refractivity contribution in [2.24, 2.45) is 17.8 Å². The van der Waals surface area contributed by atoms with E-state index in [1.807, 2.05) is 0 Å². The van der Waals surface area contributed by atoms with Gasteiger partial charge in [-0.05, 0) is 50.6 Å². The van der Waals surface area contributed by atoms with Crippen molar-refractivity contribution in [2.75, 3.05) is 13.1 Å². The van der Waals surface area contributed by atoms with Gasteiger partial charge < -0.3 is 5.32 Å². The topological polar surface area (TPSA) is 12.0 Å². The minimum atomic E-state index is -3.99. The van der Waals surface area contributed by atoms with Gasteiger partial charge in [-0.2, -0.15) is 13.2 Å². The van der Waals surface area contributed by atoms with Gasteiger partial charge >= 0.3 is 6.18 Å². The van der Waals surface area contributed by atoms with E-state index in [0.29, 0.717) is 13.0 Å². The summed E-state index contributed by atoms with van der Waals surface area (Å²) in [5, 5.41) is 3.22. The van der Waals surface area contributed by atoms with Crippen LogP contribution in [0.15, 0.2) is 0 Å². The van der Waals surface area contributed by atoms with Crippen molar-refractivity contribution in [3.8, 4) is 0 Å². The monoisotopic (exact) mass is 235 g/mol. The highest BCUT2D eigenvalue weighted by Crippen LogP contribution is 2.41. The third-order valence-electron chi connectivity index (χ3n) is 3.87. The van der Waals surface area contributed by atoms with Gasteiger partial charge in [0.2, 0.25) is 0 Å². The molecule has 2 unspecified atom stereocenters. The minimum Gasteiger partial charge on any atom is -0.316 e. The fourth-order valence-corrected chi connectivity index (χ4v) is 2.68. The summed E-state index contributed by atoms with van der Waals surface area (Å²) in [4.78, 5) is 0. The Balaban J connectivity index is 1.78. The number of hydrogen-bond donors (Lipinski definition) is 1. The highest BCUT2D eigenvalue weighted by molar-refractivity contribution is 4.83. The van der Waals surface area contributed by atoms with E-state index in [9.17, 15) is 13.2 Å². The average molecular weight is 235 g/mol. The van der Waals surface area contributed by atoms with Crippen molar-refractivity contribution < 1.29 is 13.2 Å². The minimum absolute atomic E-state index is 0.188. The van der Waals surface area contributed by atoms with Gasteiger partial charge in [-0.3, -0.25) is 0 Å². The van der Waals surface area contributed by atoms with Gasteiger partial charge in [-0.25, -0.2) is 0 Å². The van der Waals surface area contributed by atoms with Crippen LogP contribution in [0.1, 0.15) is 38.5 Å². The lowest BCUT2D eigenvalue weighted by Crippen LogP contribution is -2.38. The Morgan fingerprint density at radius 3 is 2.25 bits per heavy atom. The molecule has 2 atom stereocenters. The molecule has 0 aliphatic heterocycles. The molecule has 0 heterocycles. The Morgan fingerprint density at radius 1 is 0.938 bits per heavy atom. The summed E-state index contributed by atoms with van der Waals surface area (Å²) in [5.41, 5.74) is 0. The molecule has 0 spiro atoms. The maximum atomic E-state index is 12.8. The second-order valence-corrected chi connectivity index (χ2v) is 5.29. The first-order chi connectivity index (χ1) is 7.57. The van der Waals surface area contributed by atoms with E-state index in [1.165, 1.54) is 12.8 Å². The van der Waals surface area contributed by atoms with Gasteiger partial charge in [-0.15, -0.1) is 0 Å². The van der Waals surface area contributed by atoms with Gasteiger partial charge in [0.25, 0.3) is 0 Å². The quantitative estimate of drug-likeness (QED) is 0.788. The normalized spacial score (nSPS) is 31.7. The van der Waals surface area contributed by atoms with E-state index >= 15 is 0 Å². The molecule has 0 saturated heterocycles. The molecule has 0 aromatic heterocycles. The van der Waals surface area contributed by atoms with Crippen molar-refractivity contribution in [3.63, 3.8) is 0 Å². The molecule has 94 valence electrons. The number of rotatable bonds is 4. The zero-order chi connectivity index (χ0) is 11.6. The summed E-state index contributed by atoms with van der Waals surface area (Å²) in [5.74, 6) is -0.506. The van der Waals surface area contributed by atoms with Crippen molar-refractivity contribution in [3.05, 3.63) is 0 Å². The largest absolute Gasteiger partial charge is 0.392 e. The molecule has 1 nitrogen and oxygen atoms in total. The van der Waals surface area contributed by atoms with Crippen LogP contribution >= 0.6 is 0 Å². The van der Waals surface area contributed by atoms with E-state index in [0.717, 1.165) is 31.7 Å². The Labute approximate surface area is 94.8 Å². The van der Waals surface area contributed by atoms with Crippen molar-refractivity contribution in [2.45, 2.75) is 44.7 Å². The van der Waals surface area contributed by atoms with E-state index in [4.69, 9.17) is 0 Å². The van der Waals surface area contributed by atoms with Crippen LogP contribution < -0.4 is 5.32 Å². The molecule has 2 saturated carbocycles. The summed E-state index contributed by atoms with van der Waals surface area (Å²) in [7, 11) is 0. The third-order valence-corrected chi connectivity index (χ3v) is 3.87. The molecule has 0 aromatic carbocycles. The molecular formula is C12H20F3N. The lowest BCUT2D eigenvalue weighted by Gasteiger charge is -2.33. The summed E-state index contributed by atoms with van der Waals surface area (Å²) in [6.07, 6.45) is 1.28. The van der Waals surface area contributed by atoms with E-state index in [2.05, 4.69) is 5.32 Å². The van der Waals surface area contributed by atoms with Gasteiger partial charge in [0.1, 0.15) is 0 Å². The number of halogens is 3. The van der Waals surface area contributed by atoms with Gasteiger partial charge in [0.05, 0.1) is 5.92 Å². The zero-order valence-electron chi connectivity index (χ0n) is 9.52. The molecule has 2 aliphatic rings. The molecule has 16 heavy (non-hydrogen) atoms. The van der Waals surface area contributed by atoms with E-state index in [-0.39, 0.29) is 5.92 Å². The second kappa shape index (κ2) is 4.94. The maximum Gasteiger partial charge on any atom is 0.392 e. The van der Waals surface area contributed by atoms with Crippen LogP contribution in [0.2, 0.25) is 0 Å². The molecule has 2 fully saturated rings. The van der Waals surface area contributed by atoms with Crippen LogP contribution in [0.3, 0.4) is 0 Å². The lowest BCUT2D eigenvalue weighted by molar-refractivity contribution is -0.195. The average Bonchev–Trinajstić information content (AvgIpc) is 3.01. The predicted molar refractivity (Wildman–Crippen MR) is 57.1 cm³/mol. The summed E-state index contributed by atoms with van der Waals surface area (Å²) in [6, 6.07) is 0. The second-order valence-electron chi connectivity index (χ2n) is 5.29. The Morgan fingerprint density at radius 2 is 1.62 bits per heavy atom. The SMILES string of the molecule is FC(F)(F)C1CCCCC1CNCC1CC1. The van der Waals surface area contributed by atoms with Gasteiger partial charge in [0.15, 0.2) is 0 Å². The van der Waals surface area contributed by atoms with E-state index < -0.39 is 12.1 Å². The highest BCUT2D eigenvalue weighted by atomic mass is 19.4. The number of alkyl halides is 3. The van der Waals surface area contributed by atoms with Crippen LogP contribution in [0.4, 0.5) is 13.2 Å². The van der Waals surface area contributed by atoms with Crippen molar-refractivity contribution >= 4 is 0 Å². The zero-order valence-corrected chi connectivity index (χ0v) is 9.52. The number of nitrogens with one attached hydrogen (secondary N) is 1. The van der Waals surface area contributed by atoms with E-state index in [1.54, 1.807) is 0 Å². The lowest BCUT2D eigenvalue weighted by atomic mass is 9.78. The molecule has 2 aliphatic carbocycles. The third kappa shape index (κ3) is 3.37. The van der Waals surface area contributed by atoms with Crippen molar-refractivity contribution in [1.82, 2.24) is 5.32 Å². The first-order valence-electron chi connectivity index (χ1n) is 6.35. The van der Waals surface area contributed by atoms with Crippen LogP contribution in [-0.4, -0.2) is 19.3 Å². The Kier molecular flexibility index (Phi) is 3.77. The van der Waals surface area contributed by atoms with Crippen LogP contribution in [0.25, 0.3) is 0 Å². The summed E-state index contributed by atoms with van der Waals surface area (Å²) >= 11 is 0. The molecule has 0 bridgehead atoms. The smallest absolute Gasteiger partial charge is 0.316 e. The summed E-state index contributed by atoms with van der Waals surface area (Å²) in [6.45, 7) is 1.47. The maximum absolute atomic E-state index is 12.8. The van der Waals surface area contributed by atoms with Crippen LogP contribution in [-0.2, 0) is 0 Å². The standard InChI is InChI=1S/C12H20F3N/c13-12(14,15)11-4-2-1-3-10(11)8-16-7-9-5-6-9/h9-11,16H,1-8H2. The predicted octanol–water partition coefficient (Wildman–Crippen LogP) is 3.35. The molecule has 0 amide bonds. The van der Waals surface area contributed by atoms with Crippen LogP contribution in [0.5, 0.6) is 0 Å². The molecular weight excluding hydrogens is 215 g/mol. The van der Waals surface area contributed by atoms with Gasteiger partial charge in [0, 0.05) is 0 Å². The highest BCUT2D eigenvalue weighted by Gasteiger charge is 2.45. The molecule has 4 heteroatoms. The Bertz CT molecular complexity index is 223. The molecule has 1 N–H and O–H groups in total. The van der Waals surface area contributed by atoms with Crippen molar-refractivity contribution in [1.29, 1.82) is 0 Å². The molecule has 0 radical (unpaired) electrons.